The van der Waals surface area contributed by atoms with E-state index >= 15 is 0 Å². The predicted molar refractivity (Wildman–Crippen MR) is 171 cm³/mol. The lowest BCUT2D eigenvalue weighted by Crippen LogP contribution is -2.50. The van der Waals surface area contributed by atoms with E-state index < -0.39 is 46.5 Å². The number of nitrogens with one attached hydrogen (secondary N) is 1. The number of amides is 2. The minimum Gasteiger partial charge on any atom is -0.483 e. The van der Waals surface area contributed by atoms with Gasteiger partial charge in [-0.25, -0.2) is 12.8 Å². The number of hydrogen-bond donors (Lipinski definition) is 2. The normalized spacial score (nSPS) is 19.9. The van der Waals surface area contributed by atoms with Gasteiger partial charge in [0.2, 0.25) is 10.0 Å². The van der Waals surface area contributed by atoms with Crippen molar-refractivity contribution in [3.05, 3.63) is 68.6 Å². The van der Waals surface area contributed by atoms with Crippen LogP contribution in [0.1, 0.15) is 58.3 Å². The summed E-state index contributed by atoms with van der Waals surface area (Å²) in [6, 6.07) is 7.36. The molecule has 0 bridgehead atoms. The number of aliphatic imine (C=N–C) groups is 1. The number of aliphatic hydroxyl groups is 1. The lowest BCUT2D eigenvalue weighted by molar-refractivity contribution is -0.153. The Kier molecular flexibility index (Phi) is 9.99. The highest BCUT2D eigenvalue weighted by Crippen LogP contribution is 2.34. The van der Waals surface area contributed by atoms with Crippen molar-refractivity contribution >= 4 is 45.4 Å². The number of halogens is 5. The van der Waals surface area contributed by atoms with E-state index in [9.17, 15) is 40.7 Å². The zero-order chi connectivity index (χ0) is 35.1. The SMILES string of the molecule is Cc1cc(C(=O)N2CCC(O)(CF)CC2)cc(C)c1/C=C/S(=O)(=O)N1CCC2(CC1)N=C(c1ccc(OCC(F)(F)F)c(Cl)c1)NC2=O. The van der Waals surface area contributed by atoms with Crippen molar-refractivity contribution in [1.82, 2.24) is 14.5 Å². The van der Waals surface area contributed by atoms with Crippen LogP contribution < -0.4 is 10.1 Å². The number of piperidine rings is 2. The number of likely N-dealkylation sites (tertiary alicyclic amines) is 1. The van der Waals surface area contributed by atoms with Crippen LogP contribution in [0.25, 0.3) is 6.08 Å². The van der Waals surface area contributed by atoms with Gasteiger partial charge in [0.05, 0.1) is 10.6 Å². The van der Waals surface area contributed by atoms with Gasteiger partial charge in [-0.15, -0.1) is 0 Å². The van der Waals surface area contributed by atoms with E-state index in [2.05, 4.69) is 10.3 Å². The number of carbonyl (C=O) groups is 2. The average molecular weight is 715 g/mol. The number of benzene rings is 2. The lowest BCUT2D eigenvalue weighted by Gasteiger charge is -2.36. The number of rotatable bonds is 8. The second kappa shape index (κ2) is 13.4. The number of alkyl halides is 4. The van der Waals surface area contributed by atoms with Crippen molar-refractivity contribution in [3.8, 4) is 5.75 Å². The zero-order valence-corrected chi connectivity index (χ0v) is 27.8. The summed E-state index contributed by atoms with van der Waals surface area (Å²) < 4.78 is 83.2. The summed E-state index contributed by atoms with van der Waals surface area (Å²) in [5, 5.41) is 13.8. The summed E-state index contributed by atoms with van der Waals surface area (Å²) in [4.78, 5) is 32.3. The van der Waals surface area contributed by atoms with Crippen LogP contribution >= 0.6 is 11.6 Å². The van der Waals surface area contributed by atoms with Gasteiger partial charge in [-0.1, -0.05) is 11.6 Å². The summed E-state index contributed by atoms with van der Waals surface area (Å²) in [5.74, 6) is -0.659. The highest BCUT2D eigenvalue weighted by atomic mass is 35.5. The van der Waals surface area contributed by atoms with Crippen LogP contribution in [-0.4, -0.2) is 97.2 Å². The summed E-state index contributed by atoms with van der Waals surface area (Å²) in [5.41, 5.74) is 0.167. The molecule has 0 aromatic heterocycles. The van der Waals surface area contributed by atoms with E-state index in [0.29, 0.717) is 27.8 Å². The van der Waals surface area contributed by atoms with Crippen LogP contribution in [0.15, 0.2) is 40.7 Å². The van der Waals surface area contributed by atoms with Crippen LogP contribution in [0.5, 0.6) is 5.75 Å². The van der Waals surface area contributed by atoms with Gasteiger partial charge in [-0.3, -0.25) is 14.6 Å². The predicted octanol–water partition coefficient (Wildman–Crippen LogP) is 4.55. The van der Waals surface area contributed by atoms with Crippen LogP contribution in [0.2, 0.25) is 5.02 Å². The van der Waals surface area contributed by atoms with Gasteiger partial charge in [0.1, 0.15) is 23.8 Å². The highest BCUT2D eigenvalue weighted by Gasteiger charge is 2.47. The van der Waals surface area contributed by atoms with E-state index in [1.54, 1.807) is 30.9 Å². The Morgan fingerprint density at radius 3 is 2.27 bits per heavy atom. The minimum absolute atomic E-state index is 0.0145. The first-order chi connectivity index (χ1) is 22.4. The fourth-order valence-electron chi connectivity index (χ4n) is 6.07. The van der Waals surface area contributed by atoms with Gasteiger partial charge >= 0.3 is 6.18 Å². The fourth-order valence-corrected chi connectivity index (χ4v) is 7.48. The quantitative estimate of drug-likeness (QED) is 0.387. The molecule has 2 fully saturated rings. The first-order valence-electron chi connectivity index (χ1n) is 15.2. The molecule has 2 aromatic rings. The van der Waals surface area contributed by atoms with Crippen molar-refractivity contribution in [1.29, 1.82) is 0 Å². The largest absolute Gasteiger partial charge is 0.483 e. The molecule has 5 rings (SSSR count). The summed E-state index contributed by atoms with van der Waals surface area (Å²) in [6.45, 7) is 1.65. The van der Waals surface area contributed by atoms with Crippen LogP contribution in [0.3, 0.4) is 0 Å². The van der Waals surface area contributed by atoms with Crippen LogP contribution in [-0.2, 0) is 14.8 Å². The Balaban J connectivity index is 1.23. The van der Waals surface area contributed by atoms with Crippen molar-refractivity contribution in [2.45, 2.75) is 56.8 Å². The molecular weight excluding hydrogens is 680 g/mol. The molecule has 2 N–H and O–H groups in total. The lowest BCUT2D eigenvalue weighted by atomic mass is 9.89. The third kappa shape index (κ3) is 7.69. The van der Waals surface area contributed by atoms with E-state index in [0.717, 1.165) is 5.41 Å². The van der Waals surface area contributed by atoms with Crippen molar-refractivity contribution in [2.75, 3.05) is 39.5 Å². The Labute approximate surface area is 280 Å². The monoisotopic (exact) mass is 714 g/mol. The fraction of sp³-hybridized carbons (Fsp3) is 0.469. The smallest absolute Gasteiger partial charge is 0.422 e. The number of ether oxygens (including phenoxy) is 1. The third-order valence-corrected chi connectivity index (χ3v) is 10.8. The Morgan fingerprint density at radius 2 is 1.71 bits per heavy atom. The number of hydrogen-bond acceptors (Lipinski definition) is 7. The summed E-state index contributed by atoms with van der Waals surface area (Å²) in [6.07, 6.45) is -2.56. The number of nitrogens with zero attached hydrogens (tertiary/aromatic N) is 3. The molecule has 260 valence electrons. The molecule has 0 radical (unpaired) electrons. The van der Waals surface area contributed by atoms with Crippen molar-refractivity contribution < 1.29 is 45.4 Å². The Bertz CT molecular complexity index is 1740. The second-order valence-electron chi connectivity index (χ2n) is 12.4. The molecule has 3 aliphatic heterocycles. The van der Waals surface area contributed by atoms with Crippen molar-refractivity contribution in [2.24, 2.45) is 4.99 Å². The molecule has 48 heavy (non-hydrogen) atoms. The van der Waals surface area contributed by atoms with E-state index in [1.165, 1.54) is 28.6 Å². The van der Waals surface area contributed by atoms with Gasteiger partial charge in [-0.2, -0.15) is 17.5 Å². The molecule has 3 aliphatic rings. The number of amidine groups is 1. The van der Waals surface area contributed by atoms with E-state index in [-0.39, 0.29) is 74.4 Å². The maximum atomic E-state index is 13.3. The molecule has 2 saturated heterocycles. The molecular formula is C32H35ClF4N4O6S. The number of aryl methyl sites for hydroxylation is 2. The molecule has 10 nitrogen and oxygen atoms in total. The second-order valence-corrected chi connectivity index (χ2v) is 14.6. The van der Waals surface area contributed by atoms with E-state index in [4.69, 9.17) is 16.3 Å². The molecule has 0 unspecified atom stereocenters. The topological polar surface area (TPSA) is 129 Å². The maximum absolute atomic E-state index is 13.3. The van der Waals surface area contributed by atoms with E-state index in [1.807, 2.05) is 0 Å². The standard InChI is InChI=1S/C32H35ClF4N4O6S/c1-20-15-23(28(42)40-10-6-30(44,18-34)7-11-40)16-21(2)24(20)5-14-48(45,46)41-12-8-31(9-13-41)29(43)38-27(39-31)22-3-4-26(25(33)17-22)47-19-32(35,36)37/h3-5,14-17,44H,6-13,18-19H2,1-2H3,(H,38,39,43)/b14-5+. The number of sulfonamides is 1. The molecule has 0 atom stereocenters. The molecule has 2 aromatic carbocycles. The molecule has 3 heterocycles. The van der Waals surface area contributed by atoms with Gasteiger partial charge in [0.25, 0.3) is 11.8 Å². The minimum atomic E-state index is -4.54. The van der Waals surface area contributed by atoms with Gasteiger partial charge in [-0.05, 0) is 92.6 Å². The highest BCUT2D eigenvalue weighted by molar-refractivity contribution is 7.92. The first-order valence-corrected chi connectivity index (χ1v) is 17.1. The molecule has 0 saturated carbocycles. The van der Waals surface area contributed by atoms with Gasteiger partial charge < -0.3 is 20.1 Å². The molecule has 1 spiro atoms. The van der Waals surface area contributed by atoms with Gasteiger partial charge in [0.15, 0.2) is 6.61 Å². The van der Waals surface area contributed by atoms with Gasteiger partial charge in [0, 0.05) is 42.7 Å². The van der Waals surface area contributed by atoms with Crippen LogP contribution in [0, 0.1) is 13.8 Å². The molecule has 2 amide bonds. The maximum Gasteiger partial charge on any atom is 0.422 e. The molecule has 16 heteroatoms. The Hall–Kier alpha value is -3.53. The van der Waals surface area contributed by atoms with Crippen molar-refractivity contribution in [3.63, 3.8) is 0 Å². The summed E-state index contributed by atoms with van der Waals surface area (Å²) in [7, 11) is -3.90. The average Bonchev–Trinajstić information content (AvgIpc) is 3.34. The Morgan fingerprint density at radius 1 is 1.08 bits per heavy atom. The molecule has 0 aliphatic carbocycles. The van der Waals surface area contributed by atoms with Crippen LogP contribution in [0.4, 0.5) is 17.6 Å². The summed E-state index contributed by atoms with van der Waals surface area (Å²) >= 11 is 6.11. The number of carbonyl (C=O) groups excluding carboxylic acids is 2. The first kappa shape index (κ1) is 35.8. The zero-order valence-electron chi connectivity index (χ0n) is 26.2. The third-order valence-electron chi connectivity index (χ3n) is 8.96.